The summed E-state index contributed by atoms with van der Waals surface area (Å²) in [5.74, 6) is -1.21. The number of allylic oxidation sites excluding steroid dienone is 2. The van der Waals surface area contributed by atoms with Crippen LogP contribution in [0.3, 0.4) is 0 Å². The number of nitrogens with zero attached hydrogens (tertiary/aromatic N) is 1. The largest absolute Gasteiger partial charge is 0.418 e. The van der Waals surface area contributed by atoms with Gasteiger partial charge in [0.1, 0.15) is 0 Å². The second kappa shape index (κ2) is 7.52. The van der Waals surface area contributed by atoms with Crippen molar-refractivity contribution in [2.24, 2.45) is 5.41 Å². The summed E-state index contributed by atoms with van der Waals surface area (Å²) in [6, 6.07) is 12.0. The van der Waals surface area contributed by atoms with E-state index in [1.165, 1.54) is 18.2 Å². The molecule has 0 radical (unpaired) electrons. The smallest absolute Gasteiger partial charge is 0.294 e. The van der Waals surface area contributed by atoms with E-state index < -0.39 is 29.0 Å². The summed E-state index contributed by atoms with van der Waals surface area (Å²) in [6.45, 7) is 3.76. The summed E-state index contributed by atoms with van der Waals surface area (Å²) in [6.07, 6.45) is -4.19. The number of benzene rings is 2. The fourth-order valence-corrected chi connectivity index (χ4v) is 4.89. The molecule has 0 spiro atoms. The number of halogens is 4. The number of amides is 1. The average molecular weight is 448 g/mol. The lowest BCUT2D eigenvalue weighted by Gasteiger charge is -2.43. The molecule has 0 bridgehead atoms. The Morgan fingerprint density at radius 2 is 1.65 bits per heavy atom. The first-order valence-corrected chi connectivity index (χ1v) is 10.4. The van der Waals surface area contributed by atoms with Gasteiger partial charge in [-0.3, -0.25) is 14.5 Å². The molecule has 1 unspecified atom stereocenters. The molecule has 1 atom stereocenters. The summed E-state index contributed by atoms with van der Waals surface area (Å²) in [7, 11) is 0. The molecule has 0 saturated heterocycles. The molecular formula is C24H21ClF3NO2. The molecule has 1 heterocycles. The molecule has 7 heteroatoms. The first kappa shape index (κ1) is 21.6. The number of alkyl halides is 3. The van der Waals surface area contributed by atoms with E-state index in [0.29, 0.717) is 28.3 Å². The normalized spacial score (nSPS) is 21.4. The molecule has 1 amide bonds. The molecule has 2 aromatic carbocycles. The minimum atomic E-state index is -4.63. The molecule has 0 saturated carbocycles. The van der Waals surface area contributed by atoms with Gasteiger partial charge in [-0.15, -0.1) is 0 Å². The lowest BCUT2D eigenvalue weighted by Crippen LogP contribution is -2.44. The number of carbonyl (C=O) groups is 2. The summed E-state index contributed by atoms with van der Waals surface area (Å²) in [4.78, 5) is 27.7. The topological polar surface area (TPSA) is 37.4 Å². The van der Waals surface area contributed by atoms with Gasteiger partial charge in [0, 0.05) is 35.1 Å². The lowest BCUT2D eigenvalue weighted by molar-refractivity contribution is -0.137. The number of carbonyl (C=O) groups excluding carboxylic acids is 2. The SMILES string of the molecule is CC1(C)CC(=O)C2=C(C1)N(c1ccccc1C(F)(F)F)C(=O)CC2c1ccccc1Cl. The van der Waals surface area contributed by atoms with E-state index in [1.807, 2.05) is 13.8 Å². The number of hydrogen-bond acceptors (Lipinski definition) is 2. The van der Waals surface area contributed by atoms with Crippen molar-refractivity contribution in [3.63, 3.8) is 0 Å². The van der Waals surface area contributed by atoms with E-state index in [9.17, 15) is 22.8 Å². The number of rotatable bonds is 2. The van der Waals surface area contributed by atoms with Gasteiger partial charge in [-0.2, -0.15) is 13.2 Å². The van der Waals surface area contributed by atoms with E-state index in [2.05, 4.69) is 0 Å². The third kappa shape index (κ3) is 3.89. The Kier molecular flexibility index (Phi) is 5.24. The van der Waals surface area contributed by atoms with Gasteiger partial charge in [-0.25, -0.2) is 0 Å². The van der Waals surface area contributed by atoms with E-state index in [1.54, 1.807) is 24.3 Å². The Hall–Kier alpha value is -2.60. The van der Waals surface area contributed by atoms with Crippen molar-refractivity contribution < 1.29 is 22.8 Å². The minimum Gasteiger partial charge on any atom is -0.294 e. The van der Waals surface area contributed by atoms with Crippen LogP contribution in [0.4, 0.5) is 18.9 Å². The number of hydrogen-bond donors (Lipinski definition) is 0. The highest BCUT2D eigenvalue weighted by Crippen LogP contribution is 2.50. The maximum atomic E-state index is 13.7. The number of Topliss-reactive ketones (excluding diaryl/α,β-unsaturated/α-hetero) is 1. The molecule has 0 N–H and O–H groups in total. The fraction of sp³-hybridized carbons (Fsp3) is 0.333. The van der Waals surface area contributed by atoms with Gasteiger partial charge in [0.2, 0.25) is 5.91 Å². The van der Waals surface area contributed by atoms with Crippen LogP contribution in [0.2, 0.25) is 5.02 Å². The van der Waals surface area contributed by atoms with Crippen molar-refractivity contribution in [1.82, 2.24) is 0 Å². The molecule has 31 heavy (non-hydrogen) atoms. The second-order valence-electron chi connectivity index (χ2n) is 8.82. The molecule has 2 aliphatic rings. The maximum absolute atomic E-state index is 13.7. The predicted molar refractivity (Wildman–Crippen MR) is 113 cm³/mol. The third-order valence-corrected chi connectivity index (χ3v) is 6.22. The van der Waals surface area contributed by atoms with Crippen molar-refractivity contribution in [1.29, 1.82) is 0 Å². The Balaban J connectivity index is 1.96. The quantitative estimate of drug-likeness (QED) is 0.525. The zero-order valence-electron chi connectivity index (χ0n) is 17.1. The van der Waals surface area contributed by atoms with Crippen LogP contribution in [0.15, 0.2) is 59.8 Å². The maximum Gasteiger partial charge on any atom is 0.418 e. The van der Waals surface area contributed by atoms with Crippen molar-refractivity contribution in [2.75, 3.05) is 4.90 Å². The van der Waals surface area contributed by atoms with E-state index in [4.69, 9.17) is 11.6 Å². The summed E-state index contributed by atoms with van der Waals surface area (Å²) >= 11 is 6.37. The van der Waals surface area contributed by atoms with Gasteiger partial charge in [-0.05, 0) is 35.6 Å². The molecular weight excluding hydrogens is 427 g/mol. The van der Waals surface area contributed by atoms with Crippen LogP contribution in [0.5, 0.6) is 0 Å². The second-order valence-corrected chi connectivity index (χ2v) is 9.23. The number of ketones is 1. The molecule has 0 fully saturated rings. The van der Waals surface area contributed by atoms with Crippen molar-refractivity contribution in [2.45, 2.75) is 45.2 Å². The van der Waals surface area contributed by atoms with Crippen LogP contribution in [0.25, 0.3) is 0 Å². The first-order valence-electron chi connectivity index (χ1n) is 9.99. The zero-order valence-corrected chi connectivity index (χ0v) is 17.8. The van der Waals surface area contributed by atoms with Crippen LogP contribution in [0.1, 0.15) is 50.2 Å². The first-order chi connectivity index (χ1) is 14.5. The highest BCUT2D eigenvalue weighted by molar-refractivity contribution is 6.31. The third-order valence-electron chi connectivity index (χ3n) is 5.87. The van der Waals surface area contributed by atoms with Gasteiger partial charge >= 0.3 is 6.18 Å². The predicted octanol–water partition coefficient (Wildman–Crippen LogP) is 6.52. The summed E-state index contributed by atoms with van der Waals surface area (Å²) in [5.41, 5.74) is -0.243. The monoisotopic (exact) mass is 447 g/mol. The van der Waals surface area contributed by atoms with Crippen LogP contribution >= 0.6 is 11.6 Å². The number of para-hydroxylation sites is 1. The van der Waals surface area contributed by atoms with Crippen LogP contribution in [-0.4, -0.2) is 11.7 Å². The van der Waals surface area contributed by atoms with Crippen LogP contribution < -0.4 is 4.90 Å². The van der Waals surface area contributed by atoms with E-state index >= 15 is 0 Å². The van der Waals surface area contributed by atoms with Crippen LogP contribution in [-0.2, 0) is 15.8 Å². The average Bonchev–Trinajstić information content (AvgIpc) is 2.66. The molecule has 2 aromatic rings. The van der Waals surface area contributed by atoms with Gasteiger partial charge < -0.3 is 0 Å². The molecule has 0 aromatic heterocycles. The van der Waals surface area contributed by atoms with E-state index in [0.717, 1.165) is 11.0 Å². The van der Waals surface area contributed by atoms with Gasteiger partial charge in [0.05, 0.1) is 11.3 Å². The molecule has 3 nitrogen and oxygen atoms in total. The van der Waals surface area contributed by atoms with Gasteiger partial charge in [0.25, 0.3) is 0 Å². The summed E-state index contributed by atoms with van der Waals surface area (Å²) in [5, 5.41) is 0.425. The Labute approximate surface area is 183 Å². The Morgan fingerprint density at radius 3 is 2.32 bits per heavy atom. The highest BCUT2D eigenvalue weighted by Gasteiger charge is 2.46. The zero-order chi connectivity index (χ0) is 22.6. The van der Waals surface area contributed by atoms with Gasteiger partial charge in [-0.1, -0.05) is 55.8 Å². The van der Waals surface area contributed by atoms with Crippen LogP contribution in [0, 0.1) is 5.41 Å². The highest BCUT2D eigenvalue weighted by atomic mass is 35.5. The van der Waals surface area contributed by atoms with Crippen molar-refractivity contribution >= 4 is 29.0 Å². The van der Waals surface area contributed by atoms with Crippen molar-refractivity contribution in [3.05, 3.63) is 76.0 Å². The Bertz CT molecular complexity index is 1100. The molecule has 4 rings (SSSR count). The van der Waals surface area contributed by atoms with Crippen molar-refractivity contribution in [3.8, 4) is 0 Å². The molecule has 1 aliphatic carbocycles. The number of anilines is 1. The minimum absolute atomic E-state index is 0.124. The standard InChI is InChI=1S/C24H21ClF3NO2/c1-23(2)12-19-22(20(30)13-23)15(14-7-3-5-9-17(14)25)11-21(31)29(19)18-10-6-4-8-16(18)24(26,27)28/h3-10,15H,11-13H2,1-2H3. The summed E-state index contributed by atoms with van der Waals surface area (Å²) < 4.78 is 41.2. The lowest BCUT2D eigenvalue weighted by atomic mass is 9.69. The molecule has 1 aliphatic heterocycles. The molecule has 162 valence electrons. The Morgan fingerprint density at radius 1 is 1.00 bits per heavy atom. The van der Waals surface area contributed by atoms with Gasteiger partial charge in [0.15, 0.2) is 5.78 Å². The van der Waals surface area contributed by atoms with E-state index in [-0.39, 0.29) is 24.3 Å². The fourth-order valence-electron chi connectivity index (χ4n) is 4.63.